The zero-order chi connectivity index (χ0) is 21.8. The van der Waals surface area contributed by atoms with Crippen molar-refractivity contribution in [2.24, 2.45) is 0 Å². The average molecular weight is 429 g/mol. The maximum Gasteiger partial charge on any atom is 0.173 e. The molecule has 0 unspecified atom stereocenters. The Kier molecular flexibility index (Phi) is 6.33. The summed E-state index contributed by atoms with van der Waals surface area (Å²) in [6, 6.07) is 18.9. The molecule has 158 valence electrons. The molecule has 0 saturated carbocycles. The average Bonchev–Trinajstić information content (AvgIpc) is 3.09. The molecule has 2 heterocycles. The molecule has 2 aromatic heterocycles. The minimum atomic E-state index is 0.714. The van der Waals surface area contributed by atoms with E-state index in [-0.39, 0.29) is 0 Å². The smallest absolute Gasteiger partial charge is 0.173 e. The van der Waals surface area contributed by atoms with Crippen LogP contribution < -0.4 is 5.32 Å². The van der Waals surface area contributed by atoms with Gasteiger partial charge in [0.25, 0.3) is 0 Å². The van der Waals surface area contributed by atoms with E-state index in [1.165, 1.54) is 33.3 Å². The van der Waals surface area contributed by atoms with Gasteiger partial charge in [0.05, 0.1) is 0 Å². The number of anilines is 1. The second-order valence-electron chi connectivity index (χ2n) is 8.06. The van der Waals surface area contributed by atoms with Crippen molar-refractivity contribution in [3.63, 3.8) is 0 Å². The number of rotatable bonds is 6. The van der Waals surface area contributed by atoms with Crippen molar-refractivity contribution in [2.75, 3.05) is 11.9 Å². The van der Waals surface area contributed by atoms with Crippen molar-refractivity contribution in [2.45, 2.75) is 33.7 Å². The van der Waals surface area contributed by atoms with Crippen molar-refractivity contribution >= 4 is 33.9 Å². The molecule has 0 bridgehead atoms. The molecule has 0 atom stereocenters. The first-order valence-corrected chi connectivity index (χ1v) is 11.0. The van der Waals surface area contributed by atoms with Crippen LogP contribution in [0.25, 0.3) is 10.9 Å². The standard InChI is InChI=1S/C26H28N4S/c1-18-10-11-19(2)25(15-18)29-26(31)30(17-21-7-6-13-27-16-21)14-12-22-20(3)28-24-9-5-4-8-23(22)24/h4-11,13,15-16,28H,12,14,17H2,1-3H3,(H,29,31). The molecule has 0 aliphatic rings. The Morgan fingerprint density at radius 1 is 1.06 bits per heavy atom. The zero-order valence-electron chi connectivity index (χ0n) is 18.3. The van der Waals surface area contributed by atoms with Crippen molar-refractivity contribution in [1.29, 1.82) is 0 Å². The van der Waals surface area contributed by atoms with Crippen LogP contribution in [0, 0.1) is 20.8 Å². The lowest BCUT2D eigenvalue weighted by molar-refractivity contribution is 0.422. The largest absolute Gasteiger partial charge is 0.358 e. The van der Waals surface area contributed by atoms with Crippen LogP contribution in [0.4, 0.5) is 5.69 Å². The summed E-state index contributed by atoms with van der Waals surface area (Å²) in [5, 5.41) is 5.50. The van der Waals surface area contributed by atoms with Gasteiger partial charge in [-0.3, -0.25) is 4.98 Å². The van der Waals surface area contributed by atoms with E-state index in [0.717, 1.165) is 29.3 Å². The summed E-state index contributed by atoms with van der Waals surface area (Å²) in [7, 11) is 0. The van der Waals surface area contributed by atoms with E-state index in [9.17, 15) is 0 Å². The molecule has 0 radical (unpaired) electrons. The number of fused-ring (bicyclic) bond motifs is 1. The first kappa shape index (κ1) is 21.1. The summed E-state index contributed by atoms with van der Waals surface area (Å²) in [5.41, 5.74) is 8.35. The van der Waals surface area contributed by atoms with Gasteiger partial charge in [-0.25, -0.2) is 0 Å². The fourth-order valence-electron chi connectivity index (χ4n) is 3.93. The number of thiocarbonyl (C=S) groups is 1. The third-order valence-electron chi connectivity index (χ3n) is 5.68. The SMILES string of the molecule is Cc1ccc(C)c(NC(=S)N(CCc2c(C)[nH]c3ccccc23)Cc2cccnc2)c1. The molecule has 0 saturated heterocycles. The summed E-state index contributed by atoms with van der Waals surface area (Å²) in [4.78, 5) is 10.0. The number of nitrogens with one attached hydrogen (secondary N) is 2. The first-order valence-electron chi connectivity index (χ1n) is 10.6. The van der Waals surface area contributed by atoms with E-state index in [4.69, 9.17) is 12.2 Å². The lowest BCUT2D eigenvalue weighted by Gasteiger charge is -2.27. The predicted octanol–water partition coefficient (Wildman–Crippen LogP) is 5.93. The van der Waals surface area contributed by atoms with Gasteiger partial charge in [0, 0.05) is 47.8 Å². The summed E-state index contributed by atoms with van der Waals surface area (Å²) in [6.07, 6.45) is 4.62. The molecule has 2 aromatic carbocycles. The van der Waals surface area contributed by atoms with Crippen LogP contribution in [0.1, 0.15) is 27.9 Å². The molecule has 31 heavy (non-hydrogen) atoms. The van der Waals surface area contributed by atoms with Crippen LogP contribution in [0.15, 0.2) is 67.0 Å². The van der Waals surface area contributed by atoms with Gasteiger partial charge in [-0.1, -0.05) is 36.4 Å². The van der Waals surface area contributed by atoms with E-state index in [1.54, 1.807) is 6.20 Å². The monoisotopic (exact) mass is 428 g/mol. The molecular formula is C26H28N4S. The summed E-state index contributed by atoms with van der Waals surface area (Å²) < 4.78 is 0. The lowest BCUT2D eigenvalue weighted by atomic mass is 10.1. The molecule has 0 aliphatic heterocycles. The van der Waals surface area contributed by atoms with E-state index >= 15 is 0 Å². The van der Waals surface area contributed by atoms with Crippen molar-refractivity contribution in [3.05, 3.63) is 94.9 Å². The molecule has 0 aliphatic carbocycles. The molecule has 0 spiro atoms. The molecule has 4 rings (SSSR count). The third-order valence-corrected chi connectivity index (χ3v) is 6.04. The van der Waals surface area contributed by atoms with Gasteiger partial charge >= 0.3 is 0 Å². The number of aromatic nitrogens is 2. The van der Waals surface area contributed by atoms with Gasteiger partial charge in [-0.15, -0.1) is 0 Å². The molecule has 2 N–H and O–H groups in total. The maximum atomic E-state index is 5.87. The fourth-order valence-corrected chi connectivity index (χ4v) is 4.20. The van der Waals surface area contributed by atoms with Gasteiger partial charge in [0.2, 0.25) is 0 Å². The molecule has 0 amide bonds. The third kappa shape index (κ3) is 4.94. The van der Waals surface area contributed by atoms with Crippen LogP contribution in [0.3, 0.4) is 0 Å². The van der Waals surface area contributed by atoms with Crippen molar-refractivity contribution in [1.82, 2.24) is 14.9 Å². The van der Waals surface area contributed by atoms with E-state index in [0.29, 0.717) is 6.54 Å². The minimum Gasteiger partial charge on any atom is -0.358 e. The van der Waals surface area contributed by atoms with Crippen LogP contribution in [0.2, 0.25) is 0 Å². The minimum absolute atomic E-state index is 0.714. The highest BCUT2D eigenvalue weighted by atomic mass is 32.1. The lowest BCUT2D eigenvalue weighted by Crippen LogP contribution is -2.36. The summed E-state index contributed by atoms with van der Waals surface area (Å²) in [6.45, 7) is 7.87. The Labute approximate surface area is 189 Å². The summed E-state index contributed by atoms with van der Waals surface area (Å²) >= 11 is 5.87. The quantitative estimate of drug-likeness (QED) is 0.374. The topological polar surface area (TPSA) is 44.0 Å². The van der Waals surface area contributed by atoms with Crippen LogP contribution in [-0.4, -0.2) is 26.5 Å². The number of aromatic amines is 1. The van der Waals surface area contributed by atoms with Gasteiger partial charge in [-0.05, 0) is 79.9 Å². The predicted molar refractivity (Wildman–Crippen MR) is 134 cm³/mol. The Morgan fingerprint density at radius 2 is 1.90 bits per heavy atom. The zero-order valence-corrected chi connectivity index (χ0v) is 19.1. The Balaban J connectivity index is 1.57. The highest BCUT2D eigenvalue weighted by Gasteiger charge is 2.15. The number of pyridine rings is 1. The van der Waals surface area contributed by atoms with Gasteiger partial charge in [0.15, 0.2) is 5.11 Å². The number of hydrogen-bond donors (Lipinski definition) is 2. The first-order chi connectivity index (χ1) is 15.0. The fraction of sp³-hybridized carbons (Fsp3) is 0.231. The maximum absolute atomic E-state index is 5.87. The molecule has 0 fully saturated rings. The number of hydrogen-bond acceptors (Lipinski definition) is 2. The van der Waals surface area contributed by atoms with Gasteiger partial charge in [-0.2, -0.15) is 0 Å². The van der Waals surface area contributed by atoms with Gasteiger partial charge in [0.1, 0.15) is 0 Å². The van der Waals surface area contributed by atoms with Crippen LogP contribution in [0.5, 0.6) is 0 Å². The second kappa shape index (κ2) is 9.31. The van der Waals surface area contributed by atoms with Gasteiger partial charge < -0.3 is 15.2 Å². The Hall–Kier alpha value is -3.18. The molecule has 5 heteroatoms. The normalized spacial score (nSPS) is 10.9. The van der Waals surface area contributed by atoms with E-state index in [1.807, 2.05) is 12.3 Å². The number of benzene rings is 2. The second-order valence-corrected chi connectivity index (χ2v) is 8.44. The van der Waals surface area contributed by atoms with Crippen LogP contribution >= 0.6 is 12.2 Å². The molecular weight excluding hydrogens is 400 g/mol. The Morgan fingerprint density at radius 3 is 2.71 bits per heavy atom. The van der Waals surface area contributed by atoms with Crippen molar-refractivity contribution in [3.8, 4) is 0 Å². The summed E-state index contributed by atoms with van der Waals surface area (Å²) in [5.74, 6) is 0. The highest BCUT2D eigenvalue weighted by molar-refractivity contribution is 7.80. The highest BCUT2D eigenvalue weighted by Crippen LogP contribution is 2.23. The number of aryl methyl sites for hydroxylation is 3. The van der Waals surface area contributed by atoms with Crippen molar-refractivity contribution < 1.29 is 0 Å². The molecule has 4 aromatic rings. The number of nitrogens with zero attached hydrogens (tertiary/aromatic N) is 2. The van der Waals surface area contributed by atoms with E-state index in [2.05, 4.69) is 89.5 Å². The number of H-pyrrole nitrogens is 1. The van der Waals surface area contributed by atoms with E-state index < -0.39 is 0 Å². The Bertz CT molecular complexity index is 1200. The number of para-hydroxylation sites is 1. The molecule has 4 nitrogen and oxygen atoms in total. The van der Waals surface area contributed by atoms with Crippen LogP contribution in [-0.2, 0) is 13.0 Å².